The van der Waals surface area contributed by atoms with Crippen LogP contribution < -0.4 is 11.1 Å². The van der Waals surface area contributed by atoms with Crippen LogP contribution in [0.25, 0.3) is 10.8 Å². The van der Waals surface area contributed by atoms with E-state index in [1.807, 2.05) is 49.4 Å². The predicted molar refractivity (Wildman–Crippen MR) is 70.8 cm³/mol. The molecule has 3 nitrogen and oxygen atoms in total. The number of carbonyl (C=O) groups excluding carboxylic acids is 1. The fraction of sp³-hybridized carbons (Fsp3) is 0.214. The number of nitrogens with two attached hydrogens (primary N) is 1. The SMILES string of the molecule is CC[C@H](N)C(=O)Nc1ccc2ccccc2c1. The predicted octanol–water partition coefficient (Wildman–Crippen LogP) is 2.52. The van der Waals surface area contributed by atoms with Crippen LogP contribution >= 0.6 is 0 Å². The van der Waals surface area contributed by atoms with Gasteiger partial charge in [0.25, 0.3) is 0 Å². The lowest BCUT2D eigenvalue weighted by Gasteiger charge is -2.10. The van der Waals surface area contributed by atoms with Gasteiger partial charge in [-0.15, -0.1) is 0 Å². The minimum atomic E-state index is -0.443. The number of fused-ring (bicyclic) bond motifs is 1. The first kappa shape index (κ1) is 11.6. The average molecular weight is 228 g/mol. The number of carbonyl (C=O) groups is 1. The summed E-state index contributed by atoms with van der Waals surface area (Å²) >= 11 is 0. The molecular weight excluding hydrogens is 212 g/mol. The summed E-state index contributed by atoms with van der Waals surface area (Å²) in [7, 11) is 0. The highest BCUT2D eigenvalue weighted by Crippen LogP contribution is 2.18. The first-order chi connectivity index (χ1) is 8.20. The van der Waals surface area contributed by atoms with Crippen molar-refractivity contribution in [2.75, 3.05) is 5.32 Å². The van der Waals surface area contributed by atoms with E-state index in [4.69, 9.17) is 5.73 Å². The number of hydrogen-bond acceptors (Lipinski definition) is 2. The smallest absolute Gasteiger partial charge is 0.241 e. The molecule has 2 aromatic carbocycles. The molecule has 0 saturated heterocycles. The zero-order valence-corrected chi connectivity index (χ0v) is 9.81. The van der Waals surface area contributed by atoms with Gasteiger partial charge in [0.2, 0.25) is 5.91 Å². The Morgan fingerprint density at radius 1 is 1.24 bits per heavy atom. The molecule has 0 bridgehead atoms. The molecule has 2 aromatic rings. The lowest BCUT2D eigenvalue weighted by molar-refractivity contribution is -0.117. The monoisotopic (exact) mass is 228 g/mol. The summed E-state index contributed by atoms with van der Waals surface area (Å²) in [6.07, 6.45) is 0.638. The van der Waals surface area contributed by atoms with Crippen molar-refractivity contribution in [1.29, 1.82) is 0 Å². The van der Waals surface area contributed by atoms with Crippen molar-refractivity contribution in [1.82, 2.24) is 0 Å². The normalized spacial score (nSPS) is 12.4. The fourth-order valence-corrected chi connectivity index (χ4v) is 1.69. The Hall–Kier alpha value is -1.87. The molecule has 88 valence electrons. The van der Waals surface area contributed by atoms with E-state index < -0.39 is 6.04 Å². The van der Waals surface area contributed by atoms with Gasteiger partial charge in [-0.2, -0.15) is 0 Å². The molecule has 3 N–H and O–H groups in total. The number of benzene rings is 2. The average Bonchev–Trinajstić information content (AvgIpc) is 2.37. The van der Waals surface area contributed by atoms with Gasteiger partial charge >= 0.3 is 0 Å². The molecule has 0 aromatic heterocycles. The minimum Gasteiger partial charge on any atom is -0.325 e. The minimum absolute atomic E-state index is 0.136. The highest BCUT2D eigenvalue weighted by Gasteiger charge is 2.10. The Bertz CT molecular complexity index is 536. The van der Waals surface area contributed by atoms with E-state index in [1.54, 1.807) is 0 Å². The third-order valence-corrected chi connectivity index (χ3v) is 2.79. The Kier molecular flexibility index (Phi) is 3.40. The summed E-state index contributed by atoms with van der Waals surface area (Å²) < 4.78 is 0. The van der Waals surface area contributed by atoms with E-state index in [1.165, 1.54) is 0 Å². The molecule has 0 unspecified atom stereocenters. The summed E-state index contributed by atoms with van der Waals surface area (Å²) in [5.74, 6) is -0.136. The molecule has 3 heteroatoms. The number of rotatable bonds is 3. The molecule has 1 atom stereocenters. The van der Waals surface area contributed by atoms with Gasteiger partial charge < -0.3 is 11.1 Å². The number of hydrogen-bond donors (Lipinski definition) is 2. The topological polar surface area (TPSA) is 55.1 Å². The van der Waals surface area contributed by atoms with Crippen molar-refractivity contribution in [3.8, 4) is 0 Å². The van der Waals surface area contributed by atoms with Gasteiger partial charge in [0.05, 0.1) is 6.04 Å². The van der Waals surface area contributed by atoms with Crippen LogP contribution in [0.5, 0.6) is 0 Å². The van der Waals surface area contributed by atoms with E-state index in [2.05, 4.69) is 5.32 Å². The molecule has 0 spiro atoms. The van der Waals surface area contributed by atoms with Gasteiger partial charge in [0.15, 0.2) is 0 Å². The number of nitrogens with one attached hydrogen (secondary N) is 1. The van der Waals surface area contributed by atoms with E-state index in [0.717, 1.165) is 16.5 Å². The molecule has 1 amide bonds. The fourth-order valence-electron chi connectivity index (χ4n) is 1.69. The van der Waals surface area contributed by atoms with Crippen LogP contribution in [-0.2, 0) is 4.79 Å². The highest BCUT2D eigenvalue weighted by atomic mass is 16.2. The molecule has 0 aliphatic carbocycles. The zero-order valence-electron chi connectivity index (χ0n) is 9.81. The lowest BCUT2D eigenvalue weighted by Crippen LogP contribution is -2.34. The summed E-state index contributed by atoms with van der Waals surface area (Å²) in [5, 5.41) is 5.09. The second-order valence-electron chi connectivity index (χ2n) is 4.07. The van der Waals surface area contributed by atoms with E-state index in [9.17, 15) is 4.79 Å². The molecule has 0 saturated carbocycles. The van der Waals surface area contributed by atoms with Crippen molar-refractivity contribution in [3.05, 3.63) is 42.5 Å². The van der Waals surface area contributed by atoms with Crippen molar-refractivity contribution < 1.29 is 4.79 Å². The summed E-state index contributed by atoms with van der Waals surface area (Å²) in [5.41, 5.74) is 6.45. The molecule has 2 rings (SSSR count). The molecule has 0 radical (unpaired) electrons. The number of anilines is 1. The van der Waals surface area contributed by atoms with Crippen LogP contribution in [-0.4, -0.2) is 11.9 Å². The standard InChI is InChI=1S/C14H16N2O/c1-2-13(15)14(17)16-12-8-7-10-5-3-4-6-11(10)9-12/h3-9,13H,2,15H2,1H3,(H,16,17)/t13-/m0/s1. The quantitative estimate of drug-likeness (QED) is 0.848. The van der Waals surface area contributed by atoms with Crippen molar-refractivity contribution in [3.63, 3.8) is 0 Å². The van der Waals surface area contributed by atoms with Gasteiger partial charge in [0, 0.05) is 5.69 Å². The Morgan fingerprint density at radius 3 is 2.65 bits per heavy atom. The van der Waals surface area contributed by atoms with Crippen LogP contribution in [0.15, 0.2) is 42.5 Å². The van der Waals surface area contributed by atoms with Gasteiger partial charge in [-0.05, 0) is 29.3 Å². The van der Waals surface area contributed by atoms with Crippen LogP contribution in [0.1, 0.15) is 13.3 Å². The Morgan fingerprint density at radius 2 is 1.94 bits per heavy atom. The van der Waals surface area contributed by atoms with Gasteiger partial charge in [-0.25, -0.2) is 0 Å². The third kappa shape index (κ3) is 2.63. The molecular formula is C14H16N2O. The first-order valence-electron chi connectivity index (χ1n) is 5.76. The Balaban J connectivity index is 2.22. The molecule has 17 heavy (non-hydrogen) atoms. The molecule has 0 aliphatic heterocycles. The van der Waals surface area contributed by atoms with Crippen LogP contribution in [0.2, 0.25) is 0 Å². The molecule has 0 heterocycles. The summed E-state index contributed by atoms with van der Waals surface area (Å²) in [6.45, 7) is 1.89. The maximum Gasteiger partial charge on any atom is 0.241 e. The van der Waals surface area contributed by atoms with Gasteiger partial charge in [-0.1, -0.05) is 37.3 Å². The maximum atomic E-state index is 11.6. The van der Waals surface area contributed by atoms with Crippen LogP contribution in [0, 0.1) is 0 Å². The second kappa shape index (κ2) is 4.97. The van der Waals surface area contributed by atoms with Gasteiger partial charge in [-0.3, -0.25) is 4.79 Å². The largest absolute Gasteiger partial charge is 0.325 e. The molecule has 0 aliphatic rings. The first-order valence-corrected chi connectivity index (χ1v) is 5.76. The maximum absolute atomic E-state index is 11.6. The Labute approximate surface area is 101 Å². The zero-order chi connectivity index (χ0) is 12.3. The van der Waals surface area contributed by atoms with Crippen molar-refractivity contribution in [2.24, 2.45) is 5.73 Å². The van der Waals surface area contributed by atoms with E-state index in [-0.39, 0.29) is 5.91 Å². The summed E-state index contributed by atoms with van der Waals surface area (Å²) in [4.78, 5) is 11.6. The van der Waals surface area contributed by atoms with E-state index in [0.29, 0.717) is 6.42 Å². The lowest BCUT2D eigenvalue weighted by atomic mass is 10.1. The van der Waals surface area contributed by atoms with Crippen LogP contribution in [0.3, 0.4) is 0 Å². The van der Waals surface area contributed by atoms with E-state index >= 15 is 0 Å². The summed E-state index contributed by atoms with van der Waals surface area (Å²) in [6, 6.07) is 13.4. The van der Waals surface area contributed by atoms with Crippen molar-refractivity contribution >= 4 is 22.4 Å². The number of amides is 1. The third-order valence-electron chi connectivity index (χ3n) is 2.79. The van der Waals surface area contributed by atoms with Gasteiger partial charge in [0.1, 0.15) is 0 Å². The van der Waals surface area contributed by atoms with Crippen molar-refractivity contribution in [2.45, 2.75) is 19.4 Å². The highest BCUT2D eigenvalue weighted by molar-refractivity contribution is 5.97. The molecule has 0 fully saturated rings. The van der Waals surface area contributed by atoms with Crippen LogP contribution in [0.4, 0.5) is 5.69 Å². The second-order valence-corrected chi connectivity index (χ2v) is 4.07.